The van der Waals surface area contributed by atoms with Crippen molar-refractivity contribution < 1.29 is 52.7 Å². The average molecular weight is 759 g/mol. The average Bonchev–Trinajstić information content (AvgIpc) is 3.07. The molecule has 0 amide bonds. The number of aliphatic hydroxyl groups excluding tert-OH is 1. The predicted octanol–water partition coefficient (Wildman–Crippen LogP) is 6.86. The molecular formula is C43H66O11. The summed E-state index contributed by atoms with van der Waals surface area (Å²) < 4.78 is 34.8. The first-order chi connectivity index (χ1) is 25.1. The smallest absolute Gasteiger partial charge is 0.312 e. The lowest BCUT2D eigenvalue weighted by molar-refractivity contribution is -0.332. The molecule has 11 nitrogen and oxygen atoms in total. The molecular weight excluding hydrogens is 692 g/mol. The van der Waals surface area contributed by atoms with Crippen molar-refractivity contribution in [2.45, 2.75) is 170 Å². The van der Waals surface area contributed by atoms with Gasteiger partial charge in [-0.05, 0) is 109 Å². The Morgan fingerprint density at radius 3 is 2.09 bits per heavy atom. The molecule has 1 heterocycles. The van der Waals surface area contributed by atoms with Crippen molar-refractivity contribution >= 4 is 23.9 Å². The van der Waals surface area contributed by atoms with Crippen molar-refractivity contribution in [3.63, 3.8) is 0 Å². The molecule has 0 unspecified atom stereocenters. The lowest BCUT2D eigenvalue weighted by Gasteiger charge is -2.71. The number of carbonyl (C=O) groups excluding carboxylic acids is 4. The maximum atomic E-state index is 13.6. The van der Waals surface area contributed by atoms with E-state index in [0.717, 1.165) is 64.2 Å². The van der Waals surface area contributed by atoms with Crippen molar-refractivity contribution in [3.8, 4) is 0 Å². The van der Waals surface area contributed by atoms with Gasteiger partial charge in [-0.15, -0.1) is 0 Å². The van der Waals surface area contributed by atoms with Crippen molar-refractivity contribution in [2.24, 2.45) is 50.2 Å². The van der Waals surface area contributed by atoms with Crippen LogP contribution in [0.15, 0.2) is 11.6 Å². The third-order valence-corrected chi connectivity index (χ3v) is 16.1. The Bertz CT molecular complexity index is 1530. The van der Waals surface area contributed by atoms with Gasteiger partial charge in [-0.3, -0.25) is 19.2 Å². The summed E-state index contributed by atoms with van der Waals surface area (Å²) in [6.07, 6.45) is 5.55. The van der Waals surface area contributed by atoms with Crippen LogP contribution >= 0.6 is 0 Å². The number of hydrogen-bond donors (Lipinski definition) is 1. The van der Waals surface area contributed by atoms with Crippen molar-refractivity contribution in [3.05, 3.63) is 11.6 Å². The van der Waals surface area contributed by atoms with Gasteiger partial charge in [0.1, 0.15) is 18.8 Å². The predicted molar refractivity (Wildman–Crippen MR) is 198 cm³/mol. The number of carbonyl (C=O) groups is 4. The fraction of sp³-hybridized carbons (Fsp3) is 0.860. The summed E-state index contributed by atoms with van der Waals surface area (Å²) in [5.41, 5.74) is 0.939. The second-order valence-electron chi connectivity index (χ2n) is 19.8. The van der Waals surface area contributed by atoms with E-state index in [-0.39, 0.29) is 51.7 Å². The molecule has 6 aliphatic rings. The molecule has 4 saturated carbocycles. The minimum absolute atomic E-state index is 0.00865. The molecule has 0 spiro atoms. The van der Waals surface area contributed by atoms with Crippen LogP contribution in [0.5, 0.6) is 0 Å². The number of fused-ring (bicyclic) bond motifs is 7. The first kappa shape index (κ1) is 41.1. The van der Waals surface area contributed by atoms with Crippen LogP contribution in [0.2, 0.25) is 0 Å². The van der Waals surface area contributed by atoms with Crippen molar-refractivity contribution in [2.75, 3.05) is 13.7 Å². The fourth-order valence-corrected chi connectivity index (χ4v) is 13.2. The zero-order chi connectivity index (χ0) is 39.8. The van der Waals surface area contributed by atoms with E-state index >= 15 is 0 Å². The molecule has 5 fully saturated rings. The first-order valence-corrected chi connectivity index (χ1v) is 20.3. The van der Waals surface area contributed by atoms with Crippen LogP contribution < -0.4 is 0 Å². The number of hydrogen-bond acceptors (Lipinski definition) is 11. The molecule has 11 heteroatoms. The van der Waals surface area contributed by atoms with Gasteiger partial charge in [-0.25, -0.2) is 0 Å². The first-order valence-electron chi connectivity index (χ1n) is 20.3. The van der Waals surface area contributed by atoms with Gasteiger partial charge in [0.2, 0.25) is 0 Å². The quantitative estimate of drug-likeness (QED) is 0.126. The molecule has 0 aromatic rings. The normalized spacial score (nSPS) is 44.8. The number of ether oxygens (including phenoxy) is 6. The Hall–Kier alpha value is -2.50. The van der Waals surface area contributed by atoms with Gasteiger partial charge in [0.25, 0.3) is 0 Å². The summed E-state index contributed by atoms with van der Waals surface area (Å²) >= 11 is 0. The molecule has 0 aromatic heterocycles. The van der Waals surface area contributed by atoms with E-state index < -0.39 is 54.0 Å². The lowest BCUT2D eigenvalue weighted by Crippen LogP contribution is -2.66. The third kappa shape index (κ3) is 6.53. The largest absolute Gasteiger partial charge is 0.469 e. The molecule has 304 valence electrons. The highest BCUT2D eigenvalue weighted by molar-refractivity contribution is 5.78. The maximum absolute atomic E-state index is 13.6. The van der Waals surface area contributed by atoms with E-state index in [1.165, 1.54) is 26.3 Å². The highest BCUT2D eigenvalue weighted by Crippen LogP contribution is 2.76. The second kappa shape index (κ2) is 14.2. The summed E-state index contributed by atoms with van der Waals surface area (Å²) in [6.45, 7) is 20.2. The zero-order valence-electron chi connectivity index (χ0n) is 34.6. The Kier molecular flexibility index (Phi) is 10.8. The van der Waals surface area contributed by atoms with Crippen LogP contribution in [-0.2, 0) is 47.6 Å². The van der Waals surface area contributed by atoms with Crippen molar-refractivity contribution in [1.82, 2.24) is 0 Å². The maximum Gasteiger partial charge on any atom is 0.312 e. The highest BCUT2D eigenvalue weighted by atomic mass is 16.7. The van der Waals surface area contributed by atoms with Gasteiger partial charge in [0.15, 0.2) is 18.5 Å². The summed E-state index contributed by atoms with van der Waals surface area (Å²) in [5.74, 6) is -0.971. The SMILES string of the molecule is COC(=O)[C@]12CCC(C)(C)C[C@H]1C1=CC[C@@H]3[C@@]4(C)CC[C@H](O[C@H]5O[C@H](COC(C)=O)[C@@H](OC(C)=O)[C@H](OC(C)=O)[C@H]5O)C(C)(C)[C@@H]4CC[C@@]3(C)[C@]1(C)CC2. The highest BCUT2D eigenvalue weighted by Gasteiger charge is 2.69. The number of methoxy groups -OCH3 is 1. The Morgan fingerprint density at radius 2 is 1.46 bits per heavy atom. The lowest BCUT2D eigenvalue weighted by atomic mass is 9.33. The van der Waals surface area contributed by atoms with Crippen LogP contribution in [0, 0.1) is 50.2 Å². The molecule has 6 rings (SSSR count). The summed E-state index contributed by atoms with van der Waals surface area (Å²) in [5, 5.41) is 11.6. The number of rotatable bonds is 7. The fourth-order valence-electron chi connectivity index (χ4n) is 13.2. The van der Waals surface area contributed by atoms with E-state index in [1.807, 2.05) is 0 Å². The van der Waals surface area contributed by atoms with Crippen LogP contribution in [0.4, 0.5) is 0 Å². The molecule has 1 aliphatic heterocycles. The van der Waals surface area contributed by atoms with E-state index in [9.17, 15) is 24.3 Å². The molecule has 0 aromatic carbocycles. The standard InChI is InChI=1S/C43H66O11/c1-24(44)50-23-29-34(51-25(2)45)35(52-26(3)46)33(47)36(53-29)54-32-15-16-40(8)30(39(32,6)7)14-17-42(10)31(40)13-12-27-28-22-38(4,5)18-20-43(28,37(48)49-11)21-19-41(27,42)9/h12,28-36,47H,13-23H2,1-11H3/t28-,29+,30-,31+,32-,33+,34+,35+,36+,40-,41+,42+,43-/m0/s1. The third-order valence-electron chi connectivity index (χ3n) is 16.1. The van der Waals surface area contributed by atoms with Gasteiger partial charge < -0.3 is 33.5 Å². The van der Waals surface area contributed by atoms with E-state index in [1.54, 1.807) is 7.11 Å². The van der Waals surface area contributed by atoms with Gasteiger partial charge in [0, 0.05) is 20.8 Å². The van der Waals surface area contributed by atoms with Crippen molar-refractivity contribution in [1.29, 1.82) is 0 Å². The van der Waals surface area contributed by atoms with Crippen LogP contribution in [0.25, 0.3) is 0 Å². The number of esters is 4. The van der Waals surface area contributed by atoms with Crippen LogP contribution in [0.1, 0.15) is 133 Å². The minimum Gasteiger partial charge on any atom is -0.469 e. The van der Waals surface area contributed by atoms with Gasteiger partial charge in [-0.2, -0.15) is 0 Å². The van der Waals surface area contributed by atoms with E-state index in [4.69, 9.17) is 28.4 Å². The van der Waals surface area contributed by atoms with E-state index in [0.29, 0.717) is 11.8 Å². The molecule has 54 heavy (non-hydrogen) atoms. The summed E-state index contributed by atoms with van der Waals surface area (Å²) in [4.78, 5) is 49.7. The number of aliphatic hydroxyl groups is 1. The number of allylic oxidation sites excluding steroid dienone is 2. The Labute approximate surface area is 321 Å². The molecule has 0 bridgehead atoms. The monoisotopic (exact) mass is 758 g/mol. The van der Waals surface area contributed by atoms with Crippen LogP contribution in [-0.4, -0.2) is 79.5 Å². The molecule has 5 aliphatic carbocycles. The summed E-state index contributed by atoms with van der Waals surface area (Å²) in [6, 6.07) is 0. The Balaban J connectivity index is 1.27. The molecule has 1 saturated heterocycles. The van der Waals surface area contributed by atoms with Crippen LogP contribution in [0.3, 0.4) is 0 Å². The minimum atomic E-state index is -1.46. The second-order valence-corrected chi connectivity index (χ2v) is 19.8. The molecule has 1 N–H and O–H groups in total. The van der Waals surface area contributed by atoms with E-state index in [2.05, 4.69) is 54.5 Å². The van der Waals surface area contributed by atoms with Gasteiger partial charge in [0.05, 0.1) is 18.6 Å². The Morgan fingerprint density at radius 1 is 0.815 bits per heavy atom. The van der Waals surface area contributed by atoms with Gasteiger partial charge in [-0.1, -0.05) is 60.1 Å². The molecule has 13 atom stereocenters. The zero-order valence-corrected chi connectivity index (χ0v) is 34.6. The van der Waals surface area contributed by atoms with Gasteiger partial charge >= 0.3 is 23.9 Å². The summed E-state index contributed by atoms with van der Waals surface area (Å²) in [7, 11) is 1.55. The molecule has 0 radical (unpaired) electrons. The topological polar surface area (TPSA) is 144 Å².